The Hall–Kier alpha value is -2.67. The van der Waals surface area contributed by atoms with Crippen molar-refractivity contribution in [3.63, 3.8) is 0 Å². The molecule has 0 unspecified atom stereocenters. The lowest BCUT2D eigenvalue weighted by molar-refractivity contribution is -0.142. The first-order valence-corrected chi connectivity index (χ1v) is 10.2. The van der Waals surface area contributed by atoms with Crippen molar-refractivity contribution >= 4 is 67.2 Å². The molecule has 0 radical (unpaired) electrons. The highest BCUT2D eigenvalue weighted by Gasteiger charge is 2.25. The first kappa shape index (κ1) is 19.6. The molecule has 0 aliphatic heterocycles. The van der Waals surface area contributed by atoms with Gasteiger partial charge in [0.1, 0.15) is 11.3 Å². The van der Waals surface area contributed by atoms with E-state index in [1.54, 1.807) is 18.2 Å². The van der Waals surface area contributed by atoms with Crippen molar-refractivity contribution in [2.45, 2.75) is 20.8 Å². The summed E-state index contributed by atoms with van der Waals surface area (Å²) in [4.78, 5) is 25.1. The fraction of sp³-hybridized carbons (Fsp3) is 0.167. The Bertz CT molecular complexity index is 1370. The van der Waals surface area contributed by atoms with Crippen LogP contribution in [-0.4, -0.2) is 5.97 Å². The number of benzene rings is 3. The largest absolute Gasteiger partial charge is 0.425 e. The highest BCUT2D eigenvalue weighted by Crippen LogP contribution is 2.37. The summed E-state index contributed by atoms with van der Waals surface area (Å²) < 4.78 is 12.3. The summed E-state index contributed by atoms with van der Waals surface area (Å²) >= 11 is 2.20. The van der Waals surface area contributed by atoms with E-state index in [4.69, 9.17) is 9.15 Å². The third kappa shape index (κ3) is 3.33. The molecule has 0 aliphatic carbocycles. The number of carbonyl (C=O) groups is 1. The lowest BCUT2D eigenvalue weighted by Crippen LogP contribution is -2.25. The van der Waals surface area contributed by atoms with Crippen LogP contribution in [0.25, 0.3) is 38.6 Å². The fourth-order valence-electron chi connectivity index (χ4n) is 3.25. The summed E-state index contributed by atoms with van der Waals surface area (Å²) in [6, 6.07) is 13.1. The molecular formula is C24H19IO4. The standard InChI is InChI=1S/C24H19IO4/c1-5-13-6-7-14-15-8-9-16-19(28-23(27)24(2,3)4)11-10-18(25)20(16)21(15)29-22(26)17(14)12-13/h5-12H,1H2,2-4H3. The summed E-state index contributed by atoms with van der Waals surface area (Å²) in [6.07, 6.45) is 1.70. The molecule has 0 aliphatic rings. The number of rotatable bonds is 2. The van der Waals surface area contributed by atoms with Gasteiger partial charge in [-0.25, -0.2) is 4.79 Å². The first-order valence-electron chi connectivity index (χ1n) is 9.17. The van der Waals surface area contributed by atoms with Crippen LogP contribution in [0.4, 0.5) is 0 Å². The second-order valence-corrected chi connectivity index (χ2v) is 9.11. The van der Waals surface area contributed by atoms with Gasteiger partial charge in [-0.2, -0.15) is 0 Å². The van der Waals surface area contributed by atoms with Crippen molar-refractivity contribution in [3.8, 4) is 5.75 Å². The highest BCUT2D eigenvalue weighted by atomic mass is 127. The molecule has 1 heterocycles. The summed E-state index contributed by atoms with van der Waals surface area (Å²) in [5.74, 6) is 0.129. The van der Waals surface area contributed by atoms with Gasteiger partial charge in [-0.1, -0.05) is 24.8 Å². The Morgan fingerprint density at radius 2 is 1.72 bits per heavy atom. The minimum Gasteiger partial charge on any atom is -0.425 e. The third-order valence-electron chi connectivity index (χ3n) is 4.84. The molecule has 0 N–H and O–H groups in total. The van der Waals surface area contributed by atoms with Gasteiger partial charge in [0, 0.05) is 19.7 Å². The van der Waals surface area contributed by atoms with E-state index in [0.29, 0.717) is 16.7 Å². The average molecular weight is 498 g/mol. The summed E-state index contributed by atoms with van der Waals surface area (Å²) in [6.45, 7) is 9.18. The average Bonchev–Trinajstić information content (AvgIpc) is 2.68. The number of esters is 1. The Morgan fingerprint density at radius 3 is 2.41 bits per heavy atom. The Balaban J connectivity index is 2.05. The topological polar surface area (TPSA) is 56.5 Å². The molecule has 0 saturated carbocycles. The van der Waals surface area contributed by atoms with Crippen LogP contribution in [0.1, 0.15) is 26.3 Å². The van der Waals surface area contributed by atoms with Gasteiger partial charge in [0.25, 0.3) is 0 Å². The lowest BCUT2D eigenvalue weighted by atomic mass is 9.97. The quantitative estimate of drug-likeness (QED) is 0.107. The monoisotopic (exact) mass is 498 g/mol. The smallest absolute Gasteiger partial charge is 0.344 e. The molecule has 146 valence electrons. The Kier molecular flexibility index (Phi) is 4.73. The first-order chi connectivity index (χ1) is 13.7. The van der Waals surface area contributed by atoms with Crippen LogP contribution >= 0.6 is 22.6 Å². The van der Waals surface area contributed by atoms with Crippen LogP contribution < -0.4 is 10.4 Å². The predicted octanol–water partition coefficient (Wildman–Crippen LogP) is 6.30. The molecule has 0 fully saturated rings. The molecule has 0 amide bonds. The van der Waals surface area contributed by atoms with Gasteiger partial charge in [0.2, 0.25) is 0 Å². The van der Waals surface area contributed by atoms with Gasteiger partial charge < -0.3 is 9.15 Å². The SMILES string of the molecule is C=Cc1ccc2c(c1)c(=O)oc1c2ccc2c(OC(=O)C(C)(C)C)ccc(I)c21. The van der Waals surface area contributed by atoms with E-state index in [0.717, 1.165) is 30.7 Å². The van der Waals surface area contributed by atoms with E-state index >= 15 is 0 Å². The third-order valence-corrected chi connectivity index (χ3v) is 5.74. The van der Waals surface area contributed by atoms with Gasteiger partial charge in [0.15, 0.2) is 0 Å². The van der Waals surface area contributed by atoms with Crippen LogP contribution in [0.3, 0.4) is 0 Å². The molecule has 0 saturated heterocycles. The normalized spacial score (nSPS) is 11.9. The summed E-state index contributed by atoms with van der Waals surface area (Å²) in [5.41, 5.74) is 0.314. The van der Waals surface area contributed by atoms with E-state index in [1.807, 2.05) is 51.1 Å². The molecule has 1 aromatic heterocycles. The van der Waals surface area contributed by atoms with Crippen LogP contribution in [0, 0.1) is 8.99 Å². The van der Waals surface area contributed by atoms with Gasteiger partial charge in [-0.05, 0) is 84.6 Å². The number of halogens is 1. The van der Waals surface area contributed by atoms with E-state index in [1.165, 1.54) is 0 Å². The predicted molar refractivity (Wildman–Crippen MR) is 125 cm³/mol. The molecule has 4 rings (SSSR count). The van der Waals surface area contributed by atoms with E-state index < -0.39 is 11.0 Å². The highest BCUT2D eigenvalue weighted by molar-refractivity contribution is 14.1. The molecule has 4 aromatic rings. The van der Waals surface area contributed by atoms with Gasteiger partial charge >= 0.3 is 11.6 Å². The van der Waals surface area contributed by atoms with E-state index in [2.05, 4.69) is 29.2 Å². The summed E-state index contributed by atoms with van der Waals surface area (Å²) in [7, 11) is 0. The van der Waals surface area contributed by atoms with Crippen LogP contribution in [0.15, 0.2) is 58.3 Å². The zero-order chi connectivity index (χ0) is 20.9. The molecular weight excluding hydrogens is 479 g/mol. The summed E-state index contributed by atoms with van der Waals surface area (Å²) in [5, 5.41) is 3.65. The Labute approximate surface area is 181 Å². The van der Waals surface area contributed by atoms with Crippen molar-refractivity contribution in [1.82, 2.24) is 0 Å². The number of carbonyl (C=O) groups excluding carboxylic acids is 1. The Morgan fingerprint density at radius 1 is 1.03 bits per heavy atom. The second kappa shape index (κ2) is 6.99. The fourth-order valence-corrected chi connectivity index (χ4v) is 3.96. The van der Waals surface area contributed by atoms with E-state index in [-0.39, 0.29) is 5.97 Å². The molecule has 0 atom stereocenters. The lowest BCUT2D eigenvalue weighted by Gasteiger charge is -2.18. The van der Waals surface area contributed by atoms with Crippen molar-refractivity contribution in [2.75, 3.05) is 0 Å². The zero-order valence-electron chi connectivity index (χ0n) is 16.3. The van der Waals surface area contributed by atoms with E-state index in [9.17, 15) is 9.59 Å². The second-order valence-electron chi connectivity index (χ2n) is 7.95. The van der Waals surface area contributed by atoms with Crippen LogP contribution in [0.2, 0.25) is 0 Å². The van der Waals surface area contributed by atoms with Gasteiger partial charge in [-0.3, -0.25) is 4.79 Å². The van der Waals surface area contributed by atoms with Crippen LogP contribution in [0.5, 0.6) is 5.75 Å². The van der Waals surface area contributed by atoms with Gasteiger partial charge in [-0.15, -0.1) is 0 Å². The molecule has 29 heavy (non-hydrogen) atoms. The molecule has 5 heteroatoms. The number of fused-ring (bicyclic) bond motifs is 5. The number of ether oxygens (including phenoxy) is 1. The minimum absolute atomic E-state index is 0.322. The maximum absolute atomic E-state index is 12.7. The maximum Gasteiger partial charge on any atom is 0.344 e. The zero-order valence-corrected chi connectivity index (χ0v) is 18.5. The maximum atomic E-state index is 12.7. The molecule has 0 spiro atoms. The molecule has 0 bridgehead atoms. The molecule has 4 nitrogen and oxygen atoms in total. The van der Waals surface area contributed by atoms with Crippen molar-refractivity contribution in [2.24, 2.45) is 5.41 Å². The van der Waals surface area contributed by atoms with Crippen molar-refractivity contribution in [3.05, 3.63) is 68.6 Å². The van der Waals surface area contributed by atoms with Crippen molar-refractivity contribution in [1.29, 1.82) is 0 Å². The van der Waals surface area contributed by atoms with Gasteiger partial charge in [0.05, 0.1) is 10.8 Å². The number of hydrogen-bond acceptors (Lipinski definition) is 4. The van der Waals surface area contributed by atoms with Crippen molar-refractivity contribution < 1.29 is 13.9 Å². The molecule has 3 aromatic carbocycles. The van der Waals surface area contributed by atoms with Crippen LogP contribution in [-0.2, 0) is 4.79 Å². The minimum atomic E-state index is -0.627. The number of hydrogen-bond donors (Lipinski definition) is 0.